The molecule has 7 nitrogen and oxygen atoms in total. The molecule has 2 N–H and O–H groups in total. The van der Waals surface area contributed by atoms with E-state index in [1.807, 2.05) is 0 Å². The van der Waals surface area contributed by atoms with E-state index < -0.39 is 5.97 Å². The molecule has 0 saturated carbocycles. The first kappa shape index (κ1) is 12.2. The van der Waals surface area contributed by atoms with Gasteiger partial charge in [-0.1, -0.05) is 11.2 Å². The number of aryl methyl sites for hydroxylation is 1. The van der Waals surface area contributed by atoms with E-state index in [2.05, 4.69) is 20.4 Å². The average molecular weight is 248 g/mol. The molecule has 2 aromatic heterocycles. The summed E-state index contributed by atoms with van der Waals surface area (Å²) in [5.41, 5.74) is 0.675. The summed E-state index contributed by atoms with van der Waals surface area (Å²) in [5, 5.41) is 15.5. The van der Waals surface area contributed by atoms with Gasteiger partial charge >= 0.3 is 5.97 Å². The summed E-state index contributed by atoms with van der Waals surface area (Å²) in [6.07, 6.45) is 0. The number of carboxylic acid groups (broad SMARTS) is 1. The third kappa shape index (κ3) is 3.11. The first-order valence-corrected chi connectivity index (χ1v) is 5.34. The summed E-state index contributed by atoms with van der Waals surface area (Å²) in [7, 11) is 0. The number of nitrogens with one attached hydrogen (secondary N) is 1. The molecular formula is C11H12N4O3. The Balaban J connectivity index is 1.90. The highest BCUT2D eigenvalue weighted by Gasteiger charge is 2.06. The van der Waals surface area contributed by atoms with E-state index in [-0.39, 0.29) is 5.69 Å². The zero-order valence-electron chi connectivity index (χ0n) is 9.75. The number of aromatic nitrogens is 3. The largest absolute Gasteiger partial charge is 0.477 e. The highest BCUT2D eigenvalue weighted by atomic mass is 16.5. The van der Waals surface area contributed by atoms with E-state index in [9.17, 15) is 4.79 Å². The normalized spacial score (nSPS) is 10.5. The first-order chi connectivity index (χ1) is 8.65. The van der Waals surface area contributed by atoms with Gasteiger partial charge in [-0.25, -0.2) is 9.78 Å². The molecule has 0 aromatic carbocycles. The van der Waals surface area contributed by atoms with Crippen molar-refractivity contribution in [3.05, 3.63) is 41.3 Å². The predicted octanol–water partition coefficient (Wildman–Crippen LogP) is 0.761. The third-order valence-corrected chi connectivity index (χ3v) is 2.18. The molecule has 0 aliphatic carbocycles. The van der Waals surface area contributed by atoms with Gasteiger partial charge in [-0.2, -0.15) is 4.98 Å². The van der Waals surface area contributed by atoms with Gasteiger partial charge in [-0.15, -0.1) is 0 Å². The minimum Gasteiger partial charge on any atom is -0.477 e. The zero-order chi connectivity index (χ0) is 13.0. The van der Waals surface area contributed by atoms with Crippen LogP contribution in [-0.2, 0) is 13.1 Å². The van der Waals surface area contributed by atoms with Crippen molar-refractivity contribution < 1.29 is 14.4 Å². The van der Waals surface area contributed by atoms with E-state index in [1.165, 1.54) is 6.07 Å². The van der Waals surface area contributed by atoms with Gasteiger partial charge in [0.25, 0.3) is 0 Å². The molecule has 0 aliphatic heterocycles. The molecule has 0 radical (unpaired) electrons. The van der Waals surface area contributed by atoms with Crippen LogP contribution in [-0.4, -0.2) is 26.2 Å². The highest BCUT2D eigenvalue weighted by molar-refractivity contribution is 5.85. The fraction of sp³-hybridized carbons (Fsp3) is 0.273. The molecule has 0 fully saturated rings. The van der Waals surface area contributed by atoms with E-state index in [4.69, 9.17) is 9.63 Å². The quantitative estimate of drug-likeness (QED) is 0.805. The first-order valence-electron chi connectivity index (χ1n) is 5.34. The van der Waals surface area contributed by atoms with Crippen molar-refractivity contribution in [1.82, 2.24) is 20.4 Å². The summed E-state index contributed by atoms with van der Waals surface area (Å²) in [4.78, 5) is 18.7. The van der Waals surface area contributed by atoms with Crippen LogP contribution in [0.15, 0.2) is 22.7 Å². The molecule has 0 atom stereocenters. The number of carbonyl (C=O) groups is 1. The smallest absolute Gasteiger partial charge is 0.354 e. The summed E-state index contributed by atoms with van der Waals surface area (Å²) in [6, 6.07) is 4.86. The Bertz CT molecular complexity index is 553. The second-order valence-electron chi connectivity index (χ2n) is 3.66. The van der Waals surface area contributed by atoms with Crippen LogP contribution in [0.1, 0.15) is 27.9 Å². The second kappa shape index (κ2) is 5.37. The van der Waals surface area contributed by atoms with Crippen molar-refractivity contribution >= 4 is 5.97 Å². The predicted molar refractivity (Wildman–Crippen MR) is 60.8 cm³/mol. The Kier molecular flexibility index (Phi) is 3.63. The summed E-state index contributed by atoms with van der Waals surface area (Å²) >= 11 is 0. The third-order valence-electron chi connectivity index (χ3n) is 2.18. The monoisotopic (exact) mass is 248 g/mol. The summed E-state index contributed by atoms with van der Waals surface area (Å²) in [5.74, 6) is 0.0315. The molecule has 2 aromatic rings. The summed E-state index contributed by atoms with van der Waals surface area (Å²) in [6.45, 7) is 2.59. The summed E-state index contributed by atoms with van der Waals surface area (Å²) < 4.78 is 4.93. The van der Waals surface area contributed by atoms with E-state index >= 15 is 0 Å². The SMILES string of the molecule is Cc1noc(CNCc2cccc(C(=O)O)n2)n1. The van der Waals surface area contributed by atoms with Gasteiger partial charge in [0.05, 0.1) is 12.2 Å². The van der Waals surface area contributed by atoms with Crippen molar-refractivity contribution in [3.63, 3.8) is 0 Å². The molecule has 0 saturated heterocycles. The van der Waals surface area contributed by atoms with Gasteiger partial charge < -0.3 is 14.9 Å². The highest BCUT2D eigenvalue weighted by Crippen LogP contribution is 2.00. The molecular weight excluding hydrogens is 236 g/mol. The molecule has 2 heterocycles. The topological polar surface area (TPSA) is 101 Å². The fourth-order valence-electron chi connectivity index (χ4n) is 1.41. The number of aromatic carboxylic acids is 1. The van der Waals surface area contributed by atoms with Gasteiger partial charge in [0.1, 0.15) is 5.69 Å². The number of rotatable bonds is 5. The van der Waals surface area contributed by atoms with Crippen LogP contribution in [0.4, 0.5) is 0 Å². The maximum absolute atomic E-state index is 10.7. The Hall–Kier alpha value is -2.28. The van der Waals surface area contributed by atoms with Gasteiger partial charge in [0.2, 0.25) is 5.89 Å². The number of pyridine rings is 1. The number of hydrogen-bond donors (Lipinski definition) is 2. The Morgan fingerprint density at radius 3 is 2.89 bits per heavy atom. The lowest BCUT2D eigenvalue weighted by atomic mass is 10.3. The zero-order valence-corrected chi connectivity index (χ0v) is 9.75. The average Bonchev–Trinajstić information content (AvgIpc) is 2.75. The molecule has 0 amide bonds. The van der Waals surface area contributed by atoms with Crippen molar-refractivity contribution in [2.75, 3.05) is 0 Å². The molecule has 94 valence electrons. The van der Waals surface area contributed by atoms with Crippen LogP contribution in [0.25, 0.3) is 0 Å². The molecule has 0 aliphatic rings. The van der Waals surface area contributed by atoms with Gasteiger partial charge in [-0.3, -0.25) is 0 Å². The van der Waals surface area contributed by atoms with Crippen molar-refractivity contribution in [3.8, 4) is 0 Å². The van der Waals surface area contributed by atoms with Crippen LogP contribution in [0.3, 0.4) is 0 Å². The van der Waals surface area contributed by atoms with E-state index in [0.717, 1.165) is 0 Å². The number of hydrogen-bond acceptors (Lipinski definition) is 6. The van der Waals surface area contributed by atoms with Crippen molar-refractivity contribution in [2.24, 2.45) is 0 Å². The van der Waals surface area contributed by atoms with Crippen LogP contribution < -0.4 is 5.32 Å². The van der Waals surface area contributed by atoms with Crippen LogP contribution in [0, 0.1) is 6.92 Å². The fourth-order valence-corrected chi connectivity index (χ4v) is 1.41. The Labute approximate surface area is 103 Å². The number of nitrogens with zero attached hydrogens (tertiary/aromatic N) is 3. The maximum Gasteiger partial charge on any atom is 0.354 e. The Morgan fingerprint density at radius 2 is 2.22 bits per heavy atom. The lowest BCUT2D eigenvalue weighted by Gasteiger charge is -2.02. The van der Waals surface area contributed by atoms with Gasteiger partial charge in [0, 0.05) is 6.54 Å². The van der Waals surface area contributed by atoms with Gasteiger partial charge in [0.15, 0.2) is 5.82 Å². The lowest BCUT2D eigenvalue weighted by molar-refractivity contribution is 0.0690. The molecule has 2 rings (SSSR count). The molecule has 0 unspecified atom stereocenters. The van der Waals surface area contributed by atoms with Crippen LogP contribution >= 0.6 is 0 Å². The van der Waals surface area contributed by atoms with Gasteiger partial charge in [-0.05, 0) is 19.1 Å². The van der Waals surface area contributed by atoms with Crippen molar-refractivity contribution in [1.29, 1.82) is 0 Å². The van der Waals surface area contributed by atoms with Crippen molar-refractivity contribution in [2.45, 2.75) is 20.0 Å². The molecule has 0 spiro atoms. The second-order valence-corrected chi connectivity index (χ2v) is 3.66. The standard InChI is InChI=1S/C11H12N4O3/c1-7-13-10(18-15-7)6-12-5-8-3-2-4-9(14-8)11(16)17/h2-4,12H,5-6H2,1H3,(H,16,17). The minimum atomic E-state index is -1.04. The van der Waals surface area contributed by atoms with E-state index in [0.29, 0.717) is 30.5 Å². The lowest BCUT2D eigenvalue weighted by Crippen LogP contribution is -2.15. The number of carboxylic acids is 1. The van der Waals surface area contributed by atoms with Crippen LogP contribution in [0.2, 0.25) is 0 Å². The van der Waals surface area contributed by atoms with E-state index in [1.54, 1.807) is 19.1 Å². The molecule has 0 bridgehead atoms. The molecule has 18 heavy (non-hydrogen) atoms. The van der Waals surface area contributed by atoms with Crippen LogP contribution in [0.5, 0.6) is 0 Å². The molecule has 7 heteroatoms. The maximum atomic E-state index is 10.7. The minimum absolute atomic E-state index is 0.0305. The Morgan fingerprint density at radius 1 is 1.39 bits per heavy atom.